The SMILES string of the molecule is CC(C)NCc1cnc(N(C)Cc2ccccc2F)s1. The summed E-state index contributed by atoms with van der Waals surface area (Å²) in [6, 6.07) is 7.31. The number of hydrogen-bond donors (Lipinski definition) is 1. The number of nitrogens with zero attached hydrogens (tertiary/aromatic N) is 2. The summed E-state index contributed by atoms with van der Waals surface area (Å²) in [5.74, 6) is -0.169. The third-order valence-electron chi connectivity index (χ3n) is 2.92. The predicted molar refractivity (Wildman–Crippen MR) is 82.6 cm³/mol. The highest BCUT2D eigenvalue weighted by molar-refractivity contribution is 7.15. The van der Waals surface area contributed by atoms with Gasteiger partial charge in [-0.3, -0.25) is 0 Å². The largest absolute Gasteiger partial charge is 0.347 e. The van der Waals surface area contributed by atoms with Crippen LogP contribution in [-0.4, -0.2) is 18.1 Å². The fourth-order valence-electron chi connectivity index (χ4n) is 1.81. The molecular weight excluding hydrogens is 273 g/mol. The Morgan fingerprint density at radius 2 is 2.10 bits per heavy atom. The fourth-order valence-corrected chi connectivity index (χ4v) is 2.63. The number of rotatable bonds is 6. The molecule has 0 aliphatic heterocycles. The van der Waals surface area contributed by atoms with Gasteiger partial charge in [0.1, 0.15) is 5.82 Å². The molecule has 20 heavy (non-hydrogen) atoms. The van der Waals surface area contributed by atoms with Crippen molar-refractivity contribution in [2.45, 2.75) is 33.0 Å². The van der Waals surface area contributed by atoms with Crippen molar-refractivity contribution in [2.24, 2.45) is 0 Å². The summed E-state index contributed by atoms with van der Waals surface area (Å²) in [7, 11) is 1.94. The van der Waals surface area contributed by atoms with Gasteiger partial charge in [0.05, 0.1) is 0 Å². The molecule has 2 aromatic rings. The zero-order valence-corrected chi connectivity index (χ0v) is 12.9. The number of aromatic nitrogens is 1. The Hall–Kier alpha value is -1.46. The van der Waals surface area contributed by atoms with Gasteiger partial charge in [-0.2, -0.15) is 0 Å². The van der Waals surface area contributed by atoms with E-state index in [-0.39, 0.29) is 5.82 Å². The van der Waals surface area contributed by atoms with Crippen molar-refractivity contribution in [3.8, 4) is 0 Å². The lowest BCUT2D eigenvalue weighted by molar-refractivity contribution is 0.593. The highest BCUT2D eigenvalue weighted by atomic mass is 32.1. The molecule has 1 aromatic heterocycles. The van der Waals surface area contributed by atoms with E-state index < -0.39 is 0 Å². The van der Waals surface area contributed by atoms with Gasteiger partial charge in [0, 0.05) is 42.8 Å². The molecule has 0 atom stereocenters. The van der Waals surface area contributed by atoms with Crippen LogP contribution in [0.2, 0.25) is 0 Å². The van der Waals surface area contributed by atoms with E-state index in [4.69, 9.17) is 0 Å². The van der Waals surface area contributed by atoms with Crippen LogP contribution in [0, 0.1) is 5.82 Å². The van der Waals surface area contributed by atoms with Crippen LogP contribution in [-0.2, 0) is 13.1 Å². The van der Waals surface area contributed by atoms with Gasteiger partial charge in [0.2, 0.25) is 0 Å². The van der Waals surface area contributed by atoms with E-state index in [0.717, 1.165) is 11.7 Å². The maximum atomic E-state index is 13.6. The average Bonchev–Trinajstić information content (AvgIpc) is 2.88. The Labute approximate surface area is 123 Å². The van der Waals surface area contributed by atoms with E-state index in [1.165, 1.54) is 10.9 Å². The Morgan fingerprint density at radius 1 is 1.35 bits per heavy atom. The predicted octanol–water partition coefficient (Wildman–Crippen LogP) is 3.42. The lowest BCUT2D eigenvalue weighted by Crippen LogP contribution is -2.21. The zero-order chi connectivity index (χ0) is 14.5. The third-order valence-corrected chi connectivity index (χ3v) is 4.03. The quantitative estimate of drug-likeness (QED) is 0.884. The van der Waals surface area contributed by atoms with Crippen LogP contribution < -0.4 is 10.2 Å². The van der Waals surface area contributed by atoms with Gasteiger partial charge in [0.15, 0.2) is 5.13 Å². The summed E-state index contributed by atoms with van der Waals surface area (Å²) in [4.78, 5) is 7.57. The van der Waals surface area contributed by atoms with E-state index in [1.54, 1.807) is 23.5 Å². The van der Waals surface area contributed by atoms with Crippen LogP contribution in [0.15, 0.2) is 30.5 Å². The molecule has 1 N–H and O–H groups in total. The van der Waals surface area contributed by atoms with Gasteiger partial charge in [0.25, 0.3) is 0 Å². The van der Waals surface area contributed by atoms with Crippen molar-refractivity contribution < 1.29 is 4.39 Å². The van der Waals surface area contributed by atoms with Crippen LogP contribution in [0.1, 0.15) is 24.3 Å². The number of nitrogens with one attached hydrogen (secondary N) is 1. The monoisotopic (exact) mass is 293 g/mol. The lowest BCUT2D eigenvalue weighted by Gasteiger charge is -2.16. The second-order valence-electron chi connectivity index (χ2n) is 5.09. The molecule has 1 aromatic carbocycles. The highest BCUT2D eigenvalue weighted by Gasteiger charge is 2.10. The van der Waals surface area contributed by atoms with Gasteiger partial charge >= 0.3 is 0 Å². The van der Waals surface area contributed by atoms with Gasteiger partial charge < -0.3 is 10.2 Å². The topological polar surface area (TPSA) is 28.2 Å². The van der Waals surface area contributed by atoms with Crippen LogP contribution in [0.4, 0.5) is 9.52 Å². The number of benzene rings is 1. The maximum absolute atomic E-state index is 13.6. The van der Waals surface area contributed by atoms with E-state index in [0.29, 0.717) is 18.2 Å². The molecule has 3 nitrogen and oxygen atoms in total. The molecule has 5 heteroatoms. The molecule has 0 fully saturated rings. The van der Waals surface area contributed by atoms with E-state index in [9.17, 15) is 4.39 Å². The first kappa shape index (κ1) is 14.9. The molecule has 0 amide bonds. The molecule has 2 rings (SSSR count). The summed E-state index contributed by atoms with van der Waals surface area (Å²) in [6.07, 6.45) is 1.88. The van der Waals surface area contributed by atoms with E-state index in [2.05, 4.69) is 24.1 Å². The second kappa shape index (κ2) is 6.81. The van der Waals surface area contributed by atoms with Crippen LogP contribution in [0.5, 0.6) is 0 Å². The second-order valence-corrected chi connectivity index (χ2v) is 6.19. The number of hydrogen-bond acceptors (Lipinski definition) is 4. The minimum absolute atomic E-state index is 0.169. The normalized spacial score (nSPS) is 11.1. The lowest BCUT2D eigenvalue weighted by atomic mass is 10.2. The summed E-state index contributed by atoms with van der Waals surface area (Å²) < 4.78 is 13.6. The molecule has 0 saturated heterocycles. The van der Waals surface area contributed by atoms with Gasteiger partial charge in [-0.05, 0) is 6.07 Å². The fraction of sp³-hybridized carbons (Fsp3) is 0.400. The molecule has 0 saturated carbocycles. The summed E-state index contributed by atoms with van der Waals surface area (Å²) in [5, 5.41) is 4.28. The van der Waals surface area contributed by atoms with Crippen LogP contribution >= 0.6 is 11.3 Å². The first-order valence-electron chi connectivity index (χ1n) is 6.69. The molecule has 0 bridgehead atoms. The number of thiazole rings is 1. The van der Waals surface area contributed by atoms with Crippen molar-refractivity contribution in [1.82, 2.24) is 10.3 Å². The Morgan fingerprint density at radius 3 is 2.80 bits per heavy atom. The number of halogens is 1. The molecule has 0 aliphatic carbocycles. The Bertz CT molecular complexity index is 554. The first-order valence-corrected chi connectivity index (χ1v) is 7.50. The molecule has 0 spiro atoms. The van der Waals surface area contributed by atoms with Gasteiger partial charge in [-0.1, -0.05) is 32.0 Å². The van der Waals surface area contributed by atoms with Gasteiger partial charge in [-0.15, -0.1) is 11.3 Å². The smallest absolute Gasteiger partial charge is 0.185 e. The number of anilines is 1. The summed E-state index contributed by atoms with van der Waals surface area (Å²) in [6.45, 7) is 5.58. The van der Waals surface area contributed by atoms with Crippen molar-refractivity contribution in [3.05, 3.63) is 46.7 Å². The average molecular weight is 293 g/mol. The highest BCUT2D eigenvalue weighted by Crippen LogP contribution is 2.23. The third kappa shape index (κ3) is 4.02. The van der Waals surface area contributed by atoms with E-state index >= 15 is 0 Å². The minimum atomic E-state index is -0.169. The van der Waals surface area contributed by atoms with Crippen LogP contribution in [0.3, 0.4) is 0 Å². The summed E-state index contributed by atoms with van der Waals surface area (Å²) >= 11 is 1.64. The minimum Gasteiger partial charge on any atom is -0.347 e. The van der Waals surface area contributed by atoms with Crippen molar-refractivity contribution in [2.75, 3.05) is 11.9 Å². The maximum Gasteiger partial charge on any atom is 0.185 e. The molecule has 1 heterocycles. The Kier molecular flexibility index (Phi) is 5.09. The molecular formula is C15H20FN3S. The van der Waals surface area contributed by atoms with Crippen LogP contribution in [0.25, 0.3) is 0 Å². The molecule has 108 valence electrons. The standard InChI is InChI=1S/C15H20FN3S/c1-11(2)17-8-13-9-18-15(20-13)19(3)10-12-6-4-5-7-14(12)16/h4-7,9,11,17H,8,10H2,1-3H3. The van der Waals surface area contributed by atoms with Crippen molar-refractivity contribution >= 4 is 16.5 Å². The summed E-state index contributed by atoms with van der Waals surface area (Å²) in [5.41, 5.74) is 0.687. The zero-order valence-electron chi connectivity index (χ0n) is 12.1. The van der Waals surface area contributed by atoms with Crippen molar-refractivity contribution in [3.63, 3.8) is 0 Å². The molecule has 0 radical (unpaired) electrons. The van der Waals surface area contributed by atoms with Gasteiger partial charge in [-0.25, -0.2) is 9.37 Å². The first-order chi connectivity index (χ1) is 9.56. The molecule has 0 aliphatic rings. The van der Waals surface area contributed by atoms with Crippen molar-refractivity contribution in [1.29, 1.82) is 0 Å². The molecule has 0 unspecified atom stereocenters. The Balaban J connectivity index is 1.99. The van der Waals surface area contributed by atoms with E-state index in [1.807, 2.05) is 24.2 Å².